The Morgan fingerprint density at radius 3 is 1.58 bits per heavy atom. The number of carbonyl (C=O) groups is 1. The summed E-state index contributed by atoms with van der Waals surface area (Å²) in [6.07, 6.45) is 1.86. The van der Waals surface area contributed by atoms with Gasteiger partial charge in [-0.3, -0.25) is 13.6 Å². The van der Waals surface area contributed by atoms with Gasteiger partial charge in [-0.25, -0.2) is 9.36 Å². The van der Waals surface area contributed by atoms with Gasteiger partial charge in [-0.1, -0.05) is 48.5 Å². The van der Waals surface area contributed by atoms with Crippen LogP contribution >= 0.6 is 7.82 Å². The second-order valence-electron chi connectivity index (χ2n) is 9.12. The number of esters is 1. The summed E-state index contributed by atoms with van der Waals surface area (Å²) < 4.78 is 36.2. The second kappa shape index (κ2) is 8.87. The summed E-state index contributed by atoms with van der Waals surface area (Å²) in [6, 6.07) is 16.1. The van der Waals surface area contributed by atoms with Crippen LogP contribution in [0.15, 0.2) is 48.5 Å². The molecular weight excluding hydrogens is 415 g/mol. The fraction of sp³-hybridized carbons (Fsp3) is 0.458. The van der Waals surface area contributed by atoms with Crippen molar-refractivity contribution in [3.05, 3.63) is 70.8 Å². The third kappa shape index (κ3) is 5.83. The van der Waals surface area contributed by atoms with E-state index < -0.39 is 26.0 Å². The number of phosphoric ester groups is 1. The van der Waals surface area contributed by atoms with Gasteiger partial charge in [-0.2, -0.15) is 0 Å². The minimum atomic E-state index is -3.99. The van der Waals surface area contributed by atoms with Crippen molar-refractivity contribution in [3.63, 3.8) is 0 Å². The van der Waals surface area contributed by atoms with Gasteiger partial charge in [0.25, 0.3) is 0 Å². The zero-order valence-electron chi connectivity index (χ0n) is 18.2. The normalized spacial score (nSPS) is 16.9. The molecule has 0 N–H and O–H groups in total. The van der Waals surface area contributed by atoms with Crippen molar-refractivity contribution < 1.29 is 27.7 Å². The molecule has 6 nitrogen and oxygen atoms in total. The molecule has 0 saturated carbocycles. The minimum Gasteiger partial charge on any atom is -0.458 e. The van der Waals surface area contributed by atoms with Crippen LogP contribution in [0.1, 0.15) is 43.0 Å². The van der Waals surface area contributed by atoms with E-state index in [4.69, 9.17) is 18.3 Å². The van der Waals surface area contributed by atoms with E-state index in [2.05, 4.69) is 0 Å². The van der Waals surface area contributed by atoms with Gasteiger partial charge in [0.1, 0.15) is 5.60 Å². The maximum atomic E-state index is 13.6. The Hall–Kier alpha value is -1.98. The molecule has 31 heavy (non-hydrogen) atoms. The second-order valence-corrected chi connectivity index (χ2v) is 10.7. The van der Waals surface area contributed by atoms with Gasteiger partial charge in [0.05, 0.1) is 12.2 Å². The molecule has 2 aliphatic rings. The summed E-state index contributed by atoms with van der Waals surface area (Å²) in [5.74, 6) is -0.607. The quantitative estimate of drug-likeness (QED) is 0.450. The van der Waals surface area contributed by atoms with Crippen molar-refractivity contribution in [2.24, 2.45) is 0 Å². The van der Waals surface area contributed by atoms with E-state index in [0.29, 0.717) is 25.7 Å². The molecule has 0 heterocycles. The Morgan fingerprint density at radius 2 is 1.23 bits per heavy atom. The summed E-state index contributed by atoms with van der Waals surface area (Å²) in [6.45, 7) is 4.81. The van der Waals surface area contributed by atoms with E-state index in [1.165, 1.54) is 22.3 Å². The molecule has 4 rings (SSSR count). The smallest absolute Gasteiger partial charge is 0.458 e. The van der Waals surface area contributed by atoms with Crippen LogP contribution in [0.5, 0.6) is 0 Å². The number of hydrogen-bond donors (Lipinski definition) is 0. The van der Waals surface area contributed by atoms with Gasteiger partial charge in [0.15, 0.2) is 6.61 Å². The van der Waals surface area contributed by atoms with E-state index in [9.17, 15) is 9.36 Å². The van der Waals surface area contributed by atoms with E-state index in [1.807, 2.05) is 48.5 Å². The number of benzene rings is 2. The lowest BCUT2D eigenvalue weighted by Crippen LogP contribution is -2.27. The van der Waals surface area contributed by atoms with Crippen molar-refractivity contribution in [1.82, 2.24) is 0 Å². The fourth-order valence-corrected chi connectivity index (χ4v) is 5.60. The van der Waals surface area contributed by atoms with Crippen molar-refractivity contribution in [2.45, 2.75) is 64.3 Å². The third-order valence-corrected chi connectivity index (χ3v) is 6.90. The van der Waals surface area contributed by atoms with Crippen molar-refractivity contribution in [3.8, 4) is 0 Å². The van der Waals surface area contributed by atoms with Gasteiger partial charge in [-0.15, -0.1) is 0 Å². The molecule has 2 aliphatic carbocycles. The molecule has 0 aliphatic heterocycles. The molecule has 0 radical (unpaired) electrons. The average molecular weight is 444 g/mol. The first-order chi connectivity index (χ1) is 14.7. The summed E-state index contributed by atoms with van der Waals surface area (Å²) in [7, 11) is -3.99. The summed E-state index contributed by atoms with van der Waals surface area (Å²) in [5, 5.41) is 0. The molecular formula is C24H29O6P. The summed E-state index contributed by atoms with van der Waals surface area (Å²) in [5.41, 5.74) is 4.00. The molecule has 2 aromatic carbocycles. The van der Waals surface area contributed by atoms with Crippen LogP contribution in [-0.2, 0) is 53.4 Å². The molecule has 0 fully saturated rings. The predicted molar refractivity (Wildman–Crippen MR) is 117 cm³/mol. The Bertz CT molecular complexity index is 884. The summed E-state index contributed by atoms with van der Waals surface area (Å²) in [4.78, 5) is 12.2. The monoisotopic (exact) mass is 444 g/mol. The SMILES string of the molecule is CC(C)(C)OC(=O)COP(=O)(OC1Cc2ccccc2C1)OC1Cc2ccccc2C1. The van der Waals surface area contributed by atoms with E-state index in [-0.39, 0.29) is 12.2 Å². The number of fused-ring (bicyclic) bond motifs is 2. The molecule has 2 aromatic rings. The zero-order valence-corrected chi connectivity index (χ0v) is 19.1. The molecule has 0 aromatic heterocycles. The Morgan fingerprint density at radius 1 is 0.839 bits per heavy atom. The van der Waals surface area contributed by atoms with Gasteiger partial charge >= 0.3 is 13.8 Å². The van der Waals surface area contributed by atoms with Crippen molar-refractivity contribution >= 4 is 13.8 Å². The Kier molecular flexibility index (Phi) is 6.36. The average Bonchev–Trinajstić information content (AvgIpc) is 3.27. The fourth-order valence-electron chi connectivity index (χ4n) is 4.14. The molecule has 0 unspecified atom stereocenters. The largest absolute Gasteiger partial charge is 0.475 e. The Labute approximate surface area is 183 Å². The number of phosphoric acid groups is 1. The zero-order chi connectivity index (χ0) is 22.1. The number of ether oxygens (including phenoxy) is 1. The number of rotatable bonds is 7. The van der Waals surface area contributed by atoms with Crippen molar-refractivity contribution in [1.29, 1.82) is 0 Å². The molecule has 0 atom stereocenters. The highest BCUT2D eigenvalue weighted by atomic mass is 31.2. The first kappa shape index (κ1) is 22.2. The first-order valence-electron chi connectivity index (χ1n) is 10.7. The molecule has 0 spiro atoms. The van der Waals surface area contributed by atoms with Crippen LogP contribution < -0.4 is 0 Å². The maximum Gasteiger partial charge on any atom is 0.475 e. The van der Waals surface area contributed by atoms with E-state index >= 15 is 0 Å². The van der Waals surface area contributed by atoms with Gasteiger partial charge in [0.2, 0.25) is 0 Å². The van der Waals surface area contributed by atoms with E-state index in [1.54, 1.807) is 20.8 Å². The number of carbonyl (C=O) groups excluding carboxylic acids is 1. The van der Waals surface area contributed by atoms with E-state index in [0.717, 1.165) is 0 Å². The molecule has 7 heteroatoms. The van der Waals surface area contributed by atoms with Crippen LogP contribution in [0.2, 0.25) is 0 Å². The van der Waals surface area contributed by atoms with Gasteiger partial charge in [-0.05, 0) is 68.7 Å². The molecule has 0 bridgehead atoms. The highest BCUT2D eigenvalue weighted by Gasteiger charge is 2.39. The van der Waals surface area contributed by atoms with Crippen molar-refractivity contribution in [2.75, 3.05) is 6.61 Å². The lowest BCUT2D eigenvalue weighted by molar-refractivity contribution is -0.158. The van der Waals surface area contributed by atoms with Crippen LogP contribution in [0.25, 0.3) is 0 Å². The minimum absolute atomic E-state index is 0.328. The predicted octanol–water partition coefficient (Wildman–Crippen LogP) is 4.82. The molecule has 0 amide bonds. The highest BCUT2D eigenvalue weighted by molar-refractivity contribution is 7.48. The van der Waals surface area contributed by atoms with Crippen LogP contribution in [0, 0.1) is 0 Å². The Balaban J connectivity index is 1.44. The maximum absolute atomic E-state index is 13.6. The number of hydrogen-bond acceptors (Lipinski definition) is 6. The van der Waals surface area contributed by atoms with Gasteiger partial charge < -0.3 is 4.74 Å². The first-order valence-corrected chi connectivity index (χ1v) is 12.1. The highest BCUT2D eigenvalue weighted by Crippen LogP contribution is 2.54. The van der Waals surface area contributed by atoms with Crippen LogP contribution in [0.4, 0.5) is 0 Å². The third-order valence-electron chi connectivity index (χ3n) is 5.34. The van der Waals surface area contributed by atoms with Gasteiger partial charge in [0, 0.05) is 0 Å². The lowest BCUT2D eigenvalue weighted by Gasteiger charge is -2.25. The topological polar surface area (TPSA) is 71.1 Å². The van der Waals surface area contributed by atoms with Crippen LogP contribution in [0.3, 0.4) is 0 Å². The van der Waals surface area contributed by atoms with Crippen LogP contribution in [-0.4, -0.2) is 30.4 Å². The molecule has 166 valence electrons. The molecule has 0 saturated heterocycles. The summed E-state index contributed by atoms with van der Waals surface area (Å²) >= 11 is 0. The standard InChI is InChI=1S/C24H29O6P/c1-24(2,3)28-23(25)16-27-31(26,29-21-12-17-8-4-5-9-18(17)13-21)30-22-14-19-10-6-7-11-20(19)15-22/h4-11,21-22H,12-16H2,1-3H3. The lowest BCUT2D eigenvalue weighted by atomic mass is 10.1.